The van der Waals surface area contributed by atoms with Gasteiger partial charge in [-0.25, -0.2) is 4.39 Å². The van der Waals surface area contributed by atoms with Gasteiger partial charge in [-0.15, -0.1) is 0 Å². The van der Waals surface area contributed by atoms with Gasteiger partial charge in [-0.05, 0) is 5.56 Å². The quantitative estimate of drug-likeness (QED) is 0.815. The van der Waals surface area contributed by atoms with E-state index in [4.69, 9.17) is 0 Å². The molecule has 1 unspecified atom stereocenters. The minimum Gasteiger partial charge on any atom is -0.346 e. The molecule has 1 amide bonds. The van der Waals surface area contributed by atoms with Crippen LogP contribution >= 0.6 is 0 Å². The van der Waals surface area contributed by atoms with E-state index in [9.17, 15) is 9.18 Å². The smallest absolute Gasteiger partial charge is 0.261 e. The third kappa shape index (κ3) is 2.70. The van der Waals surface area contributed by atoms with Crippen LogP contribution in [0.4, 0.5) is 4.39 Å². The van der Waals surface area contributed by atoms with E-state index < -0.39 is 11.6 Å². The van der Waals surface area contributed by atoms with E-state index in [1.54, 1.807) is 14.1 Å². The van der Waals surface area contributed by atoms with E-state index in [1.807, 2.05) is 35.2 Å². The van der Waals surface area contributed by atoms with Crippen LogP contribution in [0.1, 0.15) is 12.0 Å². The van der Waals surface area contributed by atoms with Gasteiger partial charge in [0, 0.05) is 40.2 Å². The van der Waals surface area contributed by atoms with Gasteiger partial charge in [0.1, 0.15) is 0 Å². The highest BCUT2D eigenvalue weighted by molar-refractivity contribution is 5.85. The Hall–Kier alpha value is -1.42. The zero-order valence-electron chi connectivity index (χ0n) is 10.9. The number of carbonyl (C=O) groups is 1. The molecule has 3 nitrogen and oxygen atoms in total. The van der Waals surface area contributed by atoms with Crippen molar-refractivity contribution in [1.82, 2.24) is 9.80 Å². The molecule has 18 heavy (non-hydrogen) atoms. The van der Waals surface area contributed by atoms with Crippen LogP contribution in [0.25, 0.3) is 0 Å². The Kier molecular flexibility index (Phi) is 3.66. The molecule has 1 aliphatic heterocycles. The molecular weight excluding hydrogens is 231 g/mol. The minimum atomic E-state index is -1.71. The number of likely N-dealkylation sites (tertiary alicyclic amines) is 1. The zero-order valence-corrected chi connectivity index (χ0v) is 10.9. The average molecular weight is 250 g/mol. The molecule has 4 heteroatoms. The van der Waals surface area contributed by atoms with Crippen molar-refractivity contribution >= 4 is 5.91 Å². The molecule has 1 atom stereocenters. The normalized spacial score (nSPS) is 24.2. The van der Waals surface area contributed by atoms with Crippen LogP contribution in [-0.4, -0.2) is 48.6 Å². The summed E-state index contributed by atoms with van der Waals surface area (Å²) in [6.07, 6.45) is 0.289. The van der Waals surface area contributed by atoms with Gasteiger partial charge in [-0.1, -0.05) is 30.3 Å². The first-order valence-corrected chi connectivity index (χ1v) is 6.18. The fraction of sp³-hybridized carbons (Fsp3) is 0.500. The molecule has 0 aliphatic carbocycles. The Morgan fingerprint density at radius 1 is 1.39 bits per heavy atom. The maximum atomic E-state index is 14.5. The van der Waals surface area contributed by atoms with Gasteiger partial charge in [0.05, 0.1) is 0 Å². The van der Waals surface area contributed by atoms with Crippen molar-refractivity contribution in [3.63, 3.8) is 0 Å². The third-order valence-corrected chi connectivity index (χ3v) is 3.34. The van der Waals surface area contributed by atoms with E-state index in [0.717, 1.165) is 5.56 Å². The maximum absolute atomic E-state index is 14.5. The summed E-state index contributed by atoms with van der Waals surface area (Å²) in [4.78, 5) is 15.1. The second kappa shape index (κ2) is 5.06. The molecule has 1 fully saturated rings. The van der Waals surface area contributed by atoms with Crippen molar-refractivity contribution in [1.29, 1.82) is 0 Å². The summed E-state index contributed by atoms with van der Waals surface area (Å²) in [5, 5.41) is 0. The molecule has 0 saturated carbocycles. The molecule has 1 aliphatic rings. The first-order chi connectivity index (χ1) is 8.51. The van der Waals surface area contributed by atoms with Crippen LogP contribution in [0.2, 0.25) is 0 Å². The fourth-order valence-corrected chi connectivity index (χ4v) is 2.40. The van der Waals surface area contributed by atoms with Crippen LogP contribution in [0.5, 0.6) is 0 Å². The molecule has 0 aromatic heterocycles. The lowest BCUT2D eigenvalue weighted by Gasteiger charge is -2.23. The second-order valence-corrected chi connectivity index (χ2v) is 5.11. The molecule has 1 aromatic rings. The van der Waals surface area contributed by atoms with Gasteiger partial charge >= 0.3 is 0 Å². The fourth-order valence-electron chi connectivity index (χ4n) is 2.40. The number of carbonyl (C=O) groups excluding carboxylic acids is 1. The van der Waals surface area contributed by atoms with E-state index in [1.165, 1.54) is 4.90 Å². The van der Waals surface area contributed by atoms with Gasteiger partial charge in [0.25, 0.3) is 5.91 Å². The van der Waals surface area contributed by atoms with Crippen molar-refractivity contribution in [2.45, 2.75) is 18.6 Å². The number of halogens is 1. The number of alkyl halides is 1. The van der Waals surface area contributed by atoms with Crippen molar-refractivity contribution in [2.24, 2.45) is 0 Å². The lowest BCUT2D eigenvalue weighted by atomic mass is 10.0. The highest BCUT2D eigenvalue weighted by atomic mass is 19.1. The molecule has 1 heterocycles. The molecular formula is C14H19FN2O. The number of hydrogen-bond acceptors (Lipinski definition) is 2. The molecule has 0 radical (unpaired) electrons. The van der Waals surface area contributed by atoms with Crippen LogP contribution in [-0.2, 0) is 11.3 Å². The topological polar surface area (TPSA) is 23.6 Å². The molecule has 98 valence electrons. The number of benzene rings is 1. The summed E-state index contributed by atoms with van der Waals surface area (Å²) in [5.74, 6) is -0.418. The summed E-state index contributed by atoms with van der Waals surface area (Å²) < 4.78 is 14.5. The van der Waals surface area contributed by atoms with Crippen molar-refractivity contribution in [3.05, 3.63) is 35.9 Å². The second-order valence-electron chi connectivity index (χ2n) is 5.11. The van der Waals surface area contributed by atoms with Gasteiger partial charge in [0.2, 0.25) is 5.67 Å². The van der Waals surface area contributed by atoms with Crippen molar-refractivity contribution in [3.8, 4) is 0 Å². The van der Waals surface area contributed by atoms with Crippen molar-refractivity contribution in [2.75, 3.05) is 27.2 Å². The summed E-state index contributed by atoms with van der Waals surface area (Å²) in [6.45, 7) is 1.52. The first-order valence-electron chi connectivity index (χ1n) is 6.18. The number of rotatable bonds is 3. The highest BCUT2D eigenvalue weighted by Crippen LogP contribution is 2.28. The zero-order chi connectivity index (χ0) is 13.2. The summed E-state index contributed by atoms with van der Waals surface area (Å²) >= 11 is 0. The molecule has 0 spiro atoms. The Morgan fingerprint density at radius 2 is 2.06 bits per heavy atom. The van der Waals surface area contributed by atoms with E-state index in [2.05, 4.69) is 0 Å². The monoisotopic (exact) mass is 250 g/mol. The standard InChI is InChI=1S/C14H19FN2O/c1-16(2)13(18)14(15)8-9-17(11-14)10-12-6-4-3-5-7-12/h3-7H,8-11H2,1-2H3. The lowest BCUT2D eigenvalue weighted by Crippen LogP contribution is -2.44. The van der Waals surface area contributed by atoms with Gasteiger partial charge < -0.3 is 4.90 Å². The van der Waals surface area contributed by atoms with E-state index in [-0.39, 0.29) is 13.0 Å². The van der Waals surface area contributed by atoms with Gasteiger partial charge in [-0.3, -0.25) is 9.69 Å². The molecule has 2 rings (SSSR count). The molecule has 1 aromatic carbocycles. The number of hydrogen-bond donors (Lipinski definition) is 0. The Labute approximate surface area is 107 Å². The molecule has 0 bridgehead atoms. The average Bonchev–Trinajstić information content (AvgIpc) is 2.72. The molecule has 0 N–H and O–H groups in total. The molecule has 1 saturated heterocycles. The number of nitrogens with zero attached hydrogens (tertiary/aromatic N) is 2. The highest BCUT2D eigenvalue weighted by Gasteiger charge is 2.45. The Morgan fingerprint density at radius 3 is 2.67 bits per heavy atom. The SMILES string of the molecule is CN(C)C(=O)C1(F)CCN(Cc2ccccc2)C1. The summed E-state index contributed by atoms with van der Waals surface area (Å²) in [6, 6.07) is 9.94. The minimum absolute atomic E-state index is 0.193. The largest absolute Gasteiger partial charge is 0.346 e. The predicted molar refractivity (Wildman–Crippen MR) is 68.9 cm³/mol. The van der Waals surface area contributed by atoms with Gasteiger partial charge in [0.15, 0.2) is 0 Å². The third-order valence-electron chi connectivity index (χ3n) is 3.34. The number of amides is 1. The van der Waals surface area contributed by atoms with Crippen LogP contribution in [0.3, 0.4) is 0 Å². The Balaban J connectivity index is 1.98. The first kappa shape index (κ1) is 13.0. The maximum Gasteiger partial charge on any atom is 0.261 e. The lowest BCUT2D eigenvalue weighted by molar-refractivity contribution is -0.140. The summed E-state index contributed by atoms with van der Waals surface area (Å²) in [7, 11) is 3.20. The van der Waals surface area contributed by atoms with Gasteiger partial charge in [-0.2, -0.15) is 0 Å². The van der Waals surface area contributed by atoms with Crippen LogP contribution in [0.15, 0.2) is 30.3 Å². The van der Waals surface area contributed by atoms with Crippen LogP contribution < -0.4 is 0 Å². The predicted octanol–water partition coefficient (Wildman–Crippen LogP) is 1.69. The Bertz CT molecular complexity index is 421. The summed E-state index contributed by atoms with van der Waals surface area (Å²) in [5.41, 5.74) is -0.558. The van der Waals surface area contributed by atoms with E-state index >= 15 is 0 Å². The van der Waals surface area contributed by atoms with Crippen LogP contribution in [0, 0.1) is 0 Å². The van der Waals surface area contributed by atoms with Crippen molar-refractivity contribution < 1.29 is 9.18 Å². The van der Waals surface area contributed by atoms with E-state index in [0.29, 0.717) is 13.1 Å².